The molecule has 4 heteroatoms. The molecule has 1 fully saturated rings. The van der Waals surface area contributed by atoms with Gasteiger partial charge in [0.1, 0.15) is 6.04 Å². The van der Waals surface area contributed by atoms with Crippen LogP contribution in [-0.4, -0.2) is 34.8 Å². The minimum Gasteiger partial charge on any atom is -0.326 e. The minimum absolute atomic E-state index is 0.000185. The molecule has 10 heavy (non-hydrogen) atoms. The van der Waals surface area contributed by atoms with Crippen molar-refractivity contribution in [3.63, 3.8) is 0 Å². The zero-order chi connectivity index (χ0) is 7.72. The van der Waals surface area contributed by atoms with Crippen molar-refractivity contribution < 1.29 is 9.59 Å². The second-order valence-corrected chi connectivity index (χ2v) is 3.29. The predicted octanol–water partition coefficient (Wildman–Crippen LogP) is 0.743. The van der Waals surface area contributed by atoms with E-state index < -0.39 is 0 Å². The van der Waals surface area contributed by atoms with Gasteiger partial charge >= 0.3 is 0 Å². The SMILES string of the molecule is CC(=O)C1CSC(=O)N1C. The molecule has 0 aromatic rings. The van der Waals surface area contributed by atoms with Crippen LogP contribution in [-0.2, 0) is 4.79 Å². The number of carbonyl (C=O) groups is 2. The maximum Gasteiger partial charge on any atom is 0.282 e. The molecule has 1 aliphatic rings. The normalized spacial score (nSPS) is 25.6. The van der Waals surface area contributed by atoms with E-state index in [0.29, 0.717) is 5.75 Å². The summed E-state index contributed by atoms with van der Waals surface area (Å²) in [6, 6.07) is -0.183. The molecule has 1 aliphatic heterocycles. The van der Waals surface area contributed by atoms with E-state index in [2.05, 4.69) is 0 Å². The van der Waals surface area contributed by atoms with Crippen LogP contribution >= 0.6 is 11.8 Å². The fourth-order valence-corrected chi connectivity index (χ4v) is 1.97. The van der Waals surface area contributed by atoms with Crippen molar-refractivity contribution in [3.05, 3.63) is 0 Å². The first kappa shape index (κ1) is 7.60. The van der Waals surface area contributed by atoms with Crippen LogP contribution in [0.4, 0.5) is 4.79 Å². The summed E-state index contributed by atoms with van der Waals surface area (Å²) < 4.78 is 0. The van der Waals surface area contributed by atoms with Crippen molar-refractivity contribution in [3.8, 4) is 0 Å². The number of carbonyl (C=O) groups excluding carboxylic acids is 2. The molecule has 56 valence electrons. The number of likely N-dealkylation sites (N-methyl/N-ethyl adjacent to an activating group) is 1. The highest BCUT2D eigenvalue weighted by Gasteiger charge is 2.31. The van der Waals surface area contributed by atoms with Crippen LogP contribution in [0.5, 0.6) is 0 Å². The summed E-state index contributed by atoms with van der Waals surface area (Å²) in [5, 5.41) is 0.000185. The summed E-state index contributed by atoms with van der Waals surface area (Å²) in [5.41, 5.74) is 0. The first-order valence-corrected chi connectivity index (χ1v) is 4.01. The Morgan fingerprint density at radius 2 is 2.40 bits per heavy atom. The van der Waals surface area contributed by atoms with E-state index in [9.17, 15) is 9.59 Å². The topological polar surface area (TPSA) is 37.4 Å². The largest absolute Gasteiger partial charge is 0.326 e. The Labute approximate surface area is 63.8 Å². The van der Waals surface area contributed by atoms with Gasteiger partial charge in [0, 0.05) is 12.8 Å². The highest BCUT2D eigenvalue weighted by atomic mass is 32.2. The van der Waals surface area contributed by atoms with Gasteiger partial charge in [-0.25, -0.2) is 0 Å². The standard InChI is InChI=1S/C6H9NO2S/c1-4(8)5-3-10-6(9)7(5)2/h5H,3H2,1-2H3. The molecule has 0 aromatic carbocycles. The molecule has 0 N–H and O–H groups in total. The number of rotatable bonds is 1. The Balaban J connectivity index is 2.66. The molecule has 0 bridgehead atoms. The number of hydrogen-bond donors (Lipinski definition) is 0. The molecule has 3 nitrogen and oxygen atoms in total. The van der Waals surface area contributed by atoms with Gasteiger partial charge in [-0.05, 0) is 6.92 Å². The molecule has 0 aromatic heterocycles. The van der Waals surface area contributed by atoms with E-state index >= 15 is 0 Å². The molecule has 0 aliphatic carbocycles. The van der Waals surface area contributed by atoms with Gasteiger partial charge in [0.15, 0.2) is 5.78 Å². The van der Waals surface area contributed by atoms with Crippen LogP contribution in [0, 0.1) is 0 Å². The number of Topliss-reactive ketones (excluding diaryl/α,β-unsaturated/α-hetero) is 1. The second kappa shape index (κ2) is 2.62. The first-order valence-electron chi connectivity index (χ1n) is 3.03. The molecule has 1 saturated heterocycles. The lowest BCUT2D eigenvalue weighted by molar-refractivity contribution is -0.119. The van der Waals surface area contributed by atoms with E-state index in [1.807, 2.05) is 0 Å². The molecular formula is C6H9NO2S. The Morgan fingerprint density at radius 3 is 2.60 bits per heavy atom. The molecular weight excluding hydrogens is 150 g/mol. The third-order valence-electron chi connectivity index (χ3n) is 1.59. The quantitative estimate of drug-likeness (QED) is 0.566. The summed E-state index contributed by atoms with van der Waals surface area (Å²) in [4.78, 5) is 23.1. The van der Waals surface area contributed by atoms with Crippen molar-refractivity contribution in [1.29, 1.82) is 0 Å². The van der Waals surface area contributed by atoms with E-state index in [1.165, 1.54) is 23.6 Å². The Kier molecular flexibility index (Phi) is 1.99. The number of thioether (sulfide) groups is 1. The average molecular weight is 159 g/mol. The number of amides is 1. The molecule has 1 heterocycles. The summed E-state index contributed by atoms with van der Waals surface area (Å²) >= 11 is 1.21. The molecule has 0 saturated carbocycles. The number of nitrogens with zero attached hydrogens (tertiary/aromatic N) is 1. The highest BCUT2D eigenvalue weighted by Crippen LogP contribution is 2.21. The summed E-state index contributed by atoms with van der Waals surface area (Å²) in [6.07, 6.45) is 0. The molecule has 0 spiro atoms. The zero-order valence-electron chi connectivity index (χ0n) is 5.96. The lowest BCUT2D eigenvalue weighted by Gasteiger charge is -2.14. The monoisotopic (exact) mass is 159 g/mol. The first-order chi connectivity index (χ1) is 4.63. The second-order valence-electron chi connectivity index (χ2n) is 2.31. The maximum absolute atomic E-state index is 10.8. The van der Waals surface area contributed by atoms with Gasteiger partial charge in [0.2, 0.25) is 0 Å². The third-order valence-corrected chi connectivity index (χ3v) is 2.61. The number of ketones is 1. The van der Waals surface area contributed by atoms with Gasteiger partial charge < -0.3 is 4.90 Å². The van der Waals surface area contributed by atoms with Crippen molar-refractivity contribution in [1.82, 2.24) is 4.90 Å². The van der Waals surface area contributed by atoms with E-state index in [0.717, 1.165) is 0 Å². The third kappa shape index (κ3) is 1.16. The minimum atomic E-state index is -0.183. The van der Waals surface area contributed by atoms with Gasteiger partial charge in [-0.3, -0.25) is 9.59 Å². The zero-order valence-corrected chi connectivity index (χ0v) is 6.77. The Morgan fingerprint density at radius 1 is 1.80 bits per heavy atom. The van der Waals surface area contributed by atoms with E-state index in [-0.39, 0.29) is 17.1 Å². The summed E-state index contributed by atoms with van der Waals surface area (Å²) in [6.45, 7) is 1.51. The van der Waals surface area contributed by atoms with Gasteiger partial charge in [0.05, 0.1) is 0 Å². The average Bonchev–Trinajstić information content (AvgIpc) is 2.14. The lowest BCUT2D eigenvalue weighted by Crippen LogP contribution is -2.34. The smallest absolute Gasteiger partial charge is 0.282 e. The van der Waals surface area contributed by atoms with Gasteiger partial charge in [0.25, 0.3) is 5.24 Å². The van der Waals surface area contributed by atoms with Crippen LogP contribution in [0.15, 0.2) is 0 Å². The molecule has 1 unspecified atom stereocenters. The van der Waals surface area contributed by atoms with Crippen LogP contribution in [0.2, 0.25) is 0 Å². The van der Waals surface area contributed by atoms with Crippen molar-refractivity contribution in [2.24, 2.45) is 0 Å². The van der Waals surface area contributed by atoms with E-state index in [4.69, 9.17) is 0 Å². The predicted molar refractivity (Wildman–Crippen MR) is 40.1 cm³/mol. The van der Waals surface area contributed by atoms with Gasteiger partial charge in [-0.2, -0.15) is 0 Å². The fourth-order valence-electron chi connectivity index (χ4n) is 0.881. The van der Waals surface area contributed by atoms with Crippen molar-refractivity contribution in [2.75, 3.05) is 12.8 Å². The van der Waals surface area contributed by atoms with Crippen LogP contribution < -0.4 is 0 Å². The van der Waals surface area contributed by atoms with E-state index in [1.54, 1.807) is 7.05 Å². The molecule has 1 amide bonds. The maximum atomic E-state index is 10.8. The van der Waals surface area contributed by atoms with Crippen molar-refractivity contribution >= 4 is 22.8 Å². The van der Waals surface area contributed by atoms with Crippen molar-refractivity contribution in [2.45, 2.75) is 13.0 Å². The van der Waals surface area contributed by atoms with Gasteiger partial charge in [-0.15, -0.1) is 0 Å². The Hall–Kier alpha value is -0.510. The van der Waals surface area contributed by atoms with Crippen LogP contribution in [0.3, 0.4) is 0 Å². The summed E-state index contributed by atoms with van der Waals surface area (Å²) in [5.74, 6) is 0.686. The Bertz CT molecular complexity index is 181. The molecule has 1 rings (SSSR count). The lowest BCUT2D eigenvalue weighted by atomic mass is 10.2. The number of hydrogen-bond acceptors (Lipinski definition) is 3. The van der Waals surface area contributed by atoms with Gasteiger partial charge in [-0.1, -0.05) is 11.8 Å². The molecule has 0 radical (unpaired) electrons. The molecule has 1 atom stereocenters. The fraction of sp³-hybridized carbons (Fsp3) is 0.667. The van der Waals surface area contributed by atoms with Crippen LogP contribution in [0.25, 0.3) is 0 Å². The summed E-state index contributed by atoms with van der Waals surface area (Å²) in [7, 11) is 1.66. The van der Waals surface area contributed by atoms with Crippen LogP contribution in [0.1, 0.15) is 6.92 Å². The highest BCUT2D eigenvalue weighted by molar-refractivity contribution is 8.13.